The number of nitrogens with zero attached hydrogens (tertiary/aromatic N) is 1. The number of carbonyl (C=O) groups is 1. The van der Waals surface area contributed by atoms with Crippen LogP contribution in [-0.2, 0) is 10.3 Å². The number of carbonyl (C=O) groups excluding carboxylic acids is 1. The first-order valence-corrected chi connectivity index (χ1v) is 8.26. The van der Waals surface area contributed by atoms with Crippen LogP contribution < -0.4 is 5.73 Å². The molecule has 0 spiro atoms. The minimum absolute atomic E-state index is 0.0513. The number of ether oxygens (including phenoxy) is 1. The maximum absolute atomic E-state index is 13.1. The van der Waals surface area contributed by atoms with Crippen molar-refractivity contribution in [3.63, 3.8) is 0 Å². The van der Waals surface area contributed by atoms with Gasteiger partial charge in [0.05, 0.1) is 13.2 Å². The van der Waals surface area contributed by atoms with Gasteiger partial charge in [-0.05, 0) is 49.6 Å². The highest BCUT2D eigenvalue weighted by Gasteiger charge is 2.36. The highest BCUT2D eigenvalue weighted by Crippen LogP contribution is 2.31. The molecule has 4 nitrogen and oxygen atoms in total. The van der Waals surface area contributed by atoms with Gasteiger partial charge in [0, 0.05) is 17.8 Å². The maximum Gasteiger partial charge on any atom is 0.254 e. The quantitative estimate of drug-likeness (QED) is 0.863. The van der Waals surface area contributed by atoms with Gasteiger partial charge in [0.2, 0.25) is 0 Å². The minimum atomic E-state index is -0.481. The molecule has 3 rings (SSSR count). The molecule has 0 aromatic heterocycles. The van der Waals surface area contributed by atoms with Gasteiger partial charge in [0.15, 0.2) is 0 Å². The van der Waals surface area contributed by atoms with E-state index < -0.39 is 5.60 Å². The Labute approximate surface area is 143 Å². The summed E-state index contributed by atoms with van der Waals surface area (Å²) in [4.78, 5) is 15.0. The van der Waals surface area contributed by atoms with Crippen molar-refractivity contribution in [3.05, 3.63) is 64.7 Å². The van der Waals surface area contributed by atoms with Crippen LogP contribution in [0.1, 0.15) is 34.0 Å². The smallest absolute Gasteiger partial charge is 0.254 e. The van der Waals surface area contributed by atoms with Gasteiger partial charge in [-0.1, -0.05) is 30.3 Å². The fourth-order valence-corrected chi connectivity index (χ4v) is 3.50. The van der Waals surface area contributed by atoms with E-state index in [4.69, 9.17) is 10.5 Å². The van der Waals surface area contributed by atoms with Gasteiger partial charge < -0.3 is 15.4 Å². The second-order valence-electron chi connectivity index (χ2n) is 6.70. The van der Waals surface area contributed by atoms with E-state index in [-0.39, 0.29) is 5.91 Å². The average Bonchev–Trinajstić information content (AvgIpc) is 2.54. The number of nitrogen functional groups attached to an aromatic ring is 1. The van der Waals surface area contributed by atoms with E-state index in [9.17, 15) is 4.79 Å². The Bertz CT molecular complexity index is 734. The Morgan fingerprint density at radius 2 is 1.79 bits per heavy atom. The van der Waals surface area contributed by atoms with E-state index >= 15 is 0 Å². The van der Waals surface area contributed by atoms with Crippen LogP contribution >= 0.6 is 0 Å². The lowest BCUT2D eigenvalue weighted by molar-refractivity contribution is -0.0931. The number of anilines is 1. The molecule has 2 aromatic rings. The average molecular weight is 324 g/mol. The van der Waals surface area contributed by atoms with Crippen molar-refractivity contribution < 1.29 is 9.53 Å². The maximum atomic E-state index is 13.1. The molecule has 1 saturated heterocycles. The Kier molecular flexibility index (Phi) is 4.33. The molecule has 24 heavy (non-hydrogen) atoms. The zero-order valence-electron chi connectivity index (χ0n) is 14.5. The lowest BCUT2D eigenvalue weighted by Gasteiger charge is -2.41. The molecule has 1 aliphatic heterocycles. The number of hydrogen-bond donors (Lipinski definition) is 1. The van der Waals surface area contributed by atoms with Crippen LogP contribution in [0.15, 0.2) is 42.5 Å². The lowest BCUT2D eigenvalue weighted by atomic mass is 9.93. The molecule has 4 heteroatoms. The Morgan fingerprint density at radius 3 is 2.42 bits per heavy atom. The number of benzene rings is 2. The van der Waals surface area contributed by atoms with Crippen LogP contribution in [0.2, 0.25) is 0 Å². The number of aryl methyl sites for hydroxylation is 2. The monoisotopic (exact) mass is 324 g/mol. The zero-order chi connectivity index (χ0) is 17.3. The van der Waals surface area contributed by atoms with Crippen molar-refractivity contribution in [2.24, 2.45) is 0 Å². The number of morpholine rings is 1. The van der Waals surface area contributed by atoms with E-state index in [0.717, 1.165) is 22.3 Å². The second kappa shape index (κ2) is 6.29. The largest absolute Gasteiger partial charge is 0.399 e. The lowest BCUT2D eigenvalue weighted by Crippen LogP contribution is -2.50. The molecule has 0 radical (unpaired) electrons. The van der Waals surface area contributed by atoms with Gasteiger partial charge in [-0.2, -0.15) is 0 Å². The van der Waals surface area contributed by atoms with Crippen molar-refractivity contribution in [3.8, 4) is 0 Å². The normalized spacial score (nSPS) is 20.9. The Morgan fingerprint density at radius 1 is 1.17 bits per heavy atom. The zero-order valence-corrected chi connectivity index (χ0v) is 14.5. The fourth-order valence-electron chi connectivity index (χ4n) is 3.50. The van der Waals surface area contributed by atoms with Gasteiger partial charge in [0.25, 0.3) is 5.91 Å². The van der Waals surface area contributed by atoms with Gasteiger partial charge >= 0.3 is 0 Å². The van der Waals surface area contributed by atoms with E-state index in [1.807, 2.05) is 68.1 Å². The van der Waals surface area contributed by atoms with Crippen molar-refractivity contribution in [2.75, 3.05) is 25.4 Å². The summed E-state index contributed by atoms with van der Waals surface area (Å²) in [5, 5.41) is 0. The van der Waals surface area contributed by atoms with Gasteiger partial charge in [-0.15, -0.1) is 0 Å². The summed E-state index contributed by atoms with van der Waals surface area (Å²) in [6.45, 7) is 7.60. The molecule has 1 fully saturated rings. The Hall–Kier alpha value is -2.33. The number of rotatable bonds is 2. The summed E-state index contributed by atoms with van der Waals surface area (Å²) in [5.41, 5.74) is 9.78. The van der Waals surface area contributed by atoms with E-state index in [1.165, 1.54) is 0 Å². The Balaban J connectivity index is 1.89. The second-order valence-corrected chi connectivity index (χ2v) is 6.70. The summed E-state index contributed by atoms with van der Waals surface area (Å²) in [5.74, 6) is 0.0513. The van der Waals surface area contributed by atoms with E-state index in [2.05, 4.69) is 0 Å². The van der Waals surface area contributed by atoms with Crippen LogP contribution in [-0.4, -0.2) is 30.5 Å². The van der Waals surface area contributed by atoms with Crippen LogP contribution in [0.3, 0.4) is 0 Å². The van der Waals surface area contributed by atoms with Crippen molar-refractivity contribution in [1.29, 1.82) is 0 Å². The number of hydrogen-bond acceptors (Lipinski definition) is 3. The number of nitrogens with two attached hydrogens (primary N) is 1. The molecular weight excluding hydrogens is 300 g/mol. The number of amides is 1. The molecule has 2 aromatic carbocycles. The molecule has 0 saturated carbocycles. The minimum Gasteiger partial charge on any atom is -0.399 e. The van der Waals surface area contributed by atoms with Crippen LogP contribution in [0, 0.1) is 13.8 Å². The third-order valence-corrected chi connectivity index (χ3v) is 4.71. The predicted molar refractivity (Wildman–Crippen MR) is 96.0 cm³/mol. The van der Waals surface area contributed by atoms with Crippen LogP contribution in [0.4, 0.5) is 5.69 Å². The van der Waals surface area contributed by atoms with Gasteiger partial charge in [0.1, 0.15) is 5.60 Å². The first kappa shape index (κ1) is 16.5. The van der Waals surface area contributed by atoms with Crippen LogP contribution in [0.5, 0.6) is 0 Å². The molecule has 1 unspecified atom stereocenters. The van der Waals surface area contributed by atoms with Crippen molar-refractivity contribution in [2.45, 2.75) is 26.4 Å². The summed E-state index contributed by atoms with van der Waals surface area (Å²) >= 11 is 0. The van der Waals surface area contributed by atoms with Crippen molar-refractivity contribution in [1.82, 2.24) is 4.90 Å². The first-order valence-electron chi connectivity index (χ1n) is 8.26. The summed E-state index contributed by atoms with van der Waals surface area (Å²) in [7, 11) is 0. The molecule has 1 aliphatic rings. The molecule has 2 N–H and O–H groups in total. The topological polar surface area (TPSA) is 55.6 Å². The molecule has 0 bridgehead atoms. The van der Waals surface area contributed by atoms with Gasteiger partial charge in [-0.25, -0.2) is 0 Å². The third kappa shape index (κ3) is 3.02. The molecule has 126 valence electrons. The molecule has 1 heterocycles. The molecular formula is C20H24N2O2. The predicted octanol–water partition coefficient (Wildman–Crippen LogP) is 3.27. The van der Waals surface area contributed by atoms with Gasteiger partial charge in [-0.3, -0.25) is 4.79 Å². The SMILES string of the molecule is Cc1cc(N)cc(C)c1C(=O)N1CCOC(C)(c2ccccc2)C1. The van der Waals surface area contributed by atoms with Crippen molar-refractivity contribution >= 4 is 11.6 Å². The van der Waals surface area contributed by atoms with E-state index in [0.29, 0.717) is 25.4 Å². The molecule has 1 atom stereocenters. The molecule has 1 amide bonds. The molecule has 0 aliphatic carbocycles. The first-order chi connectivity index (χ1) is 11.4. The highest BCUT2D eigenvalue weighted by atomic mass is 16.5. The highest BCUT2D eigenvalue weighted by molar-refractivity contribution is 5.97. The third-order valence-electron chi connectivity index (χ3n) is 4.71. The summed E-state index contributed by atoms with van der Waals surface area (Å²) in [6, 6.07) is 13.8. The van der Waals surface area contributed by atoms with Crippen LogP contribution in [0.25, 0.3) is 0 Å². The fraction of sp³-hybridized carbons (Fsp3) is 0.350. The van der Waals surface area contributed by atoms with E-state index in [1.54, 1.807) is 0 Å². The standard InChI is InChI=1S/C20H24N2O2/c1-14-11-17(21)12-15(2)18(14)19(23)22-9-10-24-20(3,13-22)16-7-5-4-6-8-16/h4-8,11-12H,9-10,13,21H2,1-3H3. The summed E-state index contributed by atoms with van der Waals surface area (Å²) < 4.78 is 6.03. The summed E-state index contributed by atoms with van der Waals surface area (Å²) in [6.07, 6.45) is 0.